The molecule has 0 bridgehead atoms. The fraction of sp³-hybridized carbons (Fsp3) is 0. The molecule has 2 rings (SSSR count). The first-order chi connectivity index (χ1) is 9.09. The number of hydrogen-bond donors (Lipinski definition) is 3. The Balaban J connectivity index is 2.26. The van der Waals surface area contributed by atoms with Crippen LogP contribution in [0.2, 0.25) is 0 Å². The zero-order valence-corrected chi connectivity index (χ0v) is 9.95. The lowest BCUT2D eigenvalue weighted by molar-refractivity contribution is 0.104. The van der Waals surface area contributed by atoms with E-state index in [-0.39, 0.29) is 5.56 Å². The average Bonchev–Trinajstić information content (AvgIpc) is 2.43. The molecule has 2 aromatic rings. The number of allylic oxidation sites excluding steroid dienone is 1. The van der Waals surface area contributed by atoms with E-state index in [0.29, 0.717) is 0 Å². The molecule has 3 N–H and O–H groups in total. The molecule has 0 aliphatic rings. The normalized spacial score (nSPS) is 10.7. The number of phenolic OH excluding ortho intramolecular Hbond substituents is 3. The van der Waals surface area contributed by atoms with Crippen molar-refractivity contribution in [3.05, 3.63) is 59.7 Å². The number of rotatable bonds is 3. The van der Waals surface area contributed by atoms with Gasteiger partial charge in [0.2, 0.25) is 5.75 Å². The molecule has 0 unspecified atom stereocenters. The number of ketones is 1. The second-order valence-electron chi connectivity index (χ2n) is 3.94. The molecule has 4 nitrogen and oxygen atoms in total. The Kier molecular flexibility index (Phi) is 3.52. The molecule has 0 atom stereocenters. The van der Waals surface area contributed by atoms with Crippen molar-refractivity contribution >= 4 is 11.9 Å². The topological polar surface area (TPSA) is 77.8 Å². The van der Waals surface area contributed by atoms with Gasteiger partial charge < -0.3 is 15.3 Å². The SMILES string of the molecule is O=C(/C=C/c1ccccc1)c1ccc(O)c(O)c1O. The predicted octanol–water partition coefficient (Wildman–Crippen LogP) is 2.70. The first kappa shape index (κ1) is 12.7. The summed E-state index contributed by atoms with van der Waals surface area (Å²) >= 11 is 0. The summed E-state index contributed by atoms with van der Waals surface area (Å²) in [7, 11) is 0. The van der Waals surface area contributed by atoms with Crippen LogP contribution in [-0.4, -0.2) is 21.1 Å². The molecule has 0 aromatic heterocycles. The highest BCUT2D eigenvalue weighted by Crippen LogP contribution is 2.37. The molecule has 0 saturated heterocycles. The van der Waals surface area contributed by atoms with Gasteiger partial charge in [0.1, 0.15) is 0 Å². The Labute approximate surface area is 109 Å². The van der Waals surface area contributed by atoms with E-state index in [1.807, 2.05) is 30.3 Å². The number of carbonyl (C=O) groups excluding carboxylic acids is 1. The van der Waals surface area contributed by atoms with Gasteiger partial charge in [-0.05, 0) is 23.8 Å². The van der Waals surface area contributed by atoms with Crippen molar-refractivity contribution in [2.75, 3.05) is 0 Å². The van der Waals surface area contributed by atoms with Crippen LogP contribution in [0.1, 0.15) is 15.9 Å². The Morgan fingerprint density at radius 1 is 0.895 bits per heavy atom. The maximum atomic E-state index is 11.9. The van der Waals surface area contributed by atoms with Crippen molar-refractivity contribution in [3.8, 4) is 17.2 Å². The van der Waals surface area contributed by atoms with Gasteiger partial charge in [0, 0.05) is 0 Å². The van der Waals surface area contributed by atoms with E-state index in [1.165, 1.54) is 12.1 Å². The summed E-state index contributed by atoms with van der Waals surface area (Å²) < 4.78 is 0. The molecule has 0 amide bonds. The average molecular weight is 256 g/mol. The maximum absolute atomic E-state index is 11.9. The zero-order valence-electron chi connectivity index (χ0n) is 9.95. The quantitative estimate of drug-likeness (QED) is 0.448. The predicted molar refractivity (Wildman–Crippen MR) is 71.2 cm³/mol. The Morgan fingerprint density at radius 2 is 1.58 bits per heavy atom. The maximum Gasteiger partial charge on any atom is 0.201 e. The fourth-order valence-corrected chi connectivity index (χ4v) is 1.59. The molecule has 4 heteroatoms. The lowest BCUT2D eigenvalue weighted by Gasteiger charge is -2.04. The number of benzene rings is 2. The van der Waals surface area contributed by atoms with Crippen molar-refractivity contribution in [2.45, 2.75) is 0 Å². The molecule has 0 saturated carbocycles. The first-order valence-corrected chi connectivity index (χ1v) is 5.61. The van der Waals surface area contributed by atoms with E-state index in [0.717, 1.165) is 11.6 Å². The van der Waals surface area contributed by atoms with Gasteiger partial charge in [0.25, 0.3) is 0 Å². The molecule has 0 heterocycles. The minimum Gasteiger partial charge on any atom is -0.504 e. The van der Waals surface area contributed by atoms with Crippen molar-refractivity contribution in [3.63, 3.8) is 0 Å². The van der Waals surface area contributed by atoms with Crippen molar-refractivity contribution in [1.82, 2.24) is 0 Å². The van der Waals surface area contributed by atoms with Gasteiger partial charge in [-0.2, -0.15) is 0 Å². The summed E-state index contributed by atoms with van der Waals surface area (Å²) in [6.45, 7) is 0. The molecule has 0 aliphatic heterocycles. The largest absolute Gasteiger partial charge is 0.504 e. The van der Waals surface area contributed by atoms with Gasteiger partial charge in [-0.15, -0.1) is 0 Å². The summed E-state index contributed by atoms with van der Waals surface area (Å²) in [6.07, 6.45) is 2.90. The molecule has 0 aliphatic carbocycles. The molecular formula is C15H12O4. The molecule has 0 spiro atoms. The minimum absolute atomic E-state index is 0.0671. The highest BCUT2D eigenvalue weighted by Gasteiger charge is 2.14. The smallest absolute Gasteiger partial charge is 0.201 e. The summed E-state index contributed by atoms with van der Waals surface area (Å²) in [5.74, 6) is -2.25. The molecule has 96 valence electrons. The summed E-state index contributed by atoms with van der Waals surface area (Å²) in [6, 6.07) is 11.6. The lowest BCUT2D eigenvalue weighted by Crippen LogP contribution is -1.94. The minimum atomic E-state index is -0.695. The molecular weight excluding hydrogens is 244 g/mol. The van der Waals surface area contributed by atoms with Gasteiger partial charge >= 0.3 is 0 Å². The highest BCUT2D eigenvalue weighted by atomic mass is 16.3. The van der Waals surface area contributed by atoms with Crippen molar-refractivity contribution in [2.24, 2.45) is 0 Å². The van der Waals surface area contributed by atoms with E-state index >= 15 is 0 Å². The Hall–Kier alpha value is -2.75. The van der Waals surface area contributed by atoms with Crippen LogP contribution in [-0.2, 0) is 0 Å². The standard InChI is InChI=1S/C15H12O4/c16-12(8-6-10-4-2-1-3-5-10)11-7-9-13(17)15(19)14(11)18/h1-9,17-19H/b8-6+. The van der Waals surface area contributed by atoms with Crippen LogP contribution in [0.3, 0.4) is 0 Å². The third kappa shape index (κ3) is 2.74. The van der Waals surface area contributed by atoms with Gasteiger partial charge in [-0.1, -0.05) is 36.4 Å². The van der Waals surface area contributed by atoms with Crippen LogP contribution >= 0.6 is 0 Å². The van der Waals surface area contributed by atoms with E-state index in [2.05, 4.69) is 0 Å². The molecule has 2 aromatic carbocycles. The second-order valence-corrected chi connectivity index (χ2v) is 3.94. The summed E-state index contributed by atoms with van der Waals surface area (Å²) in [5, 5.41) is 28.1. The molecule has 0 fully saturated rings. The highest BCUT2D eigenvalue weighted by molar-refractivity contribution is 6.09. The number of hydrogen-bond acceptors (Lipinski definition) is 4. The number of phenols is 3. The Bertz CT molecular complexity index is 630. The Morgan fingerprint density at radius 3 is 2.26 bits per heavy atom. The van der Waals surface area contributed by atoms with Gasteiger partial charge in [-0.3, -0.25) is 4.79 Å². The first-order valence-electron chi connectivity index (χ1n) is 5.61. The number of aromatic hydroxyl groups is 3. The van der Waals surface area contributed by atoms with Crippen LogP contribution in [0.15, 0.2) is 48.5 Å². The van der Waals surface area contributed by atoms with Crippen molar-refractivity contribution < 1.29 is 20.1 Å². The third-order valence-electron chi connectivity index (χ3n) is 2.62. The van der Waals surface area contributed by atoms with E-state index in [9.17, 15) is 20.1 Å². The zero-order chi connectivity index (χ0) is 13.8. The third-order valence-corrected chi connectivity index (χ3v) is 2.62. The van der Waals surface area contributed by atoms with Crippen LogP contribution in [0, 0.1) is 0 Å². The summed E-state index contributed by atoms with van der Waals surface area (Å²) in [5.41, 5.74) is 0.779. The summed E-state index contributed by atoms with van der Waals surface area (Å²) in [4.78, 5) is 11.9. The van der Waals surface area contributed by atoms with Crippen LogP contribution in [0.4, 0.5) is 0 Å². The molecule has 0 radical (unpaired) electrons. The monoisotopic (exact) mass is 256 g/mol. The van der Waals surface area contributed by atoms with Gasteiger partial charge in [0.15, 0.2) is 17.3 Å². The molecule has 19 heavy (non-hydrogen) atoms. The van der Waals surface area contributed by atoms with Crippen molar-refractivity contribution in [1.29, 1.82) is 0 Å². The van der Waals surface area contributed by atoms with Gasteiger partial charge in [0.05, 0.1) is 5.56 Å². The van der Waals surface area contributed by atoms with E-state index in [4.69, 9.17) is 0 Å². The van der Waals surface area contributed by atoms with E-state index < -0.39 is 23.0 Å². The number of carbonyl (C=O) groups is 1. The van der Waals surface area contributed by atoms with Crippen LogP contribution in [0.5, 0.6) is 17.2 Å². The second kappa shape index (κ2) is 5.27. The van der Waals surface area contributed by atoms with Crippen LogP contribution < -0.4 is 0 Å². The van der Waals surface area contributed by atoms with E-state index in [1.54, 1.807) is 6.08 Å². The van der Waals surface area contributed by atoms with Crippen LogP contribution in [0.25, 0.3) is 6.08 Å². The lowest BCUT2D eigenvalue weighted by atomic mass is 10.1. The van der Waals surface area contributed by atoms with Gasteiger partial charge in [-0.25, -0.2) is 0 Å². The fourth-order valence-electron chi connectivity index (χ4n) is 1.59.